The summed E-state index contributed by atoms with van der Waals surface area (Å²) in [6.07, 6.45) is 1.05. The molecular weight excluding hydrogens is 210 g/mol. The lowest BCUT2D eigenvalue weighted by Crippen LogP contribution is -2.26. The molecule has 0 aromatic carbocycles. The van der Waals surface area contributed by atoms with Crippen molar-refractivity contribution in [2.75, 3.05) is 46.1 Å². The van der Waals surface area contributed by atoms with E-state index in [4.69, 9.17) is 14.6 Å². The van der Waals surface area contributed by atoms with E-state index in [0.717, 1.165) is 26.1 Å². The Hall–Kier alpha value is -0.650. The van der Waals surface area contributed by atoms with Gasteiger partial charge in [0.1, 0.15) is 6.61 Å². The Morgan fingerprint density at radius 2 is 2.38 bits per heavy atom. The molecule has 0 aliphatic carbocycles. The average molecular weight is 231 g/mol. The monoisotopic (exact) mass is 231 g/mol. The lowest BCUT2D eigenvalue weighted by atomic mass is 10.1. The number of nitrogens with zero attached hydrogens (tertiary/aromatic N) is 1. The predicted molar refractivity (Wildman–Crippen MR) is 59.1 cm³/mol. The lowest BCUT2D eigenvalue weighted by molar-refractivity contribution is -0.148. The van der Waals surface area contributed by atoms with E-state index in [-0.39, 0.29) is 19.2 Å². The number of hydrogen-bond acceptors (Lipinski definition) is 5. The Morgan fingerprint density at radius 3 is 3.00 bits per heavy atom. The number of carbonyl (C=O) groups excluding carboxylic acids is 1. The first-order valence-corrected chi connectivity index (χ1v) is 5.82. The molecule has 0 bridgehead atoms. The van der Waals surface area contributed by atoms with E-state index in [9.17, 15) is 4.79 Å². The molecule has 0 saturated carbocycles. The summed E-state index contributed by atoms with van der Waals surface area (Å²) >= 11 is 0. The molecule has 0 amide bonds. The molecule has 1 unspecified atom stereocenters. The molecule has 1 saturated heterocycles. The minimum absolute atomic E-state index is 0.0328. The molecule has 1 N–H and O–H groups in total. The van der Waals surface area contributed by atoms with Crippen LogP contribution in [0, 0.1) is 5.92 Å². The van der Waals surface area contributed by atoms with Gasteiger partial charge in [0.25, 0.3) is 0 Å². The molecule has 0 aromatic rings. The highest BCUT2D eigenvalue weighted by Gasteiger charge is 2.20. The summed E-state index contributed by atoms with van der Waals surface area (Å²) in [7, 11) is 0. The van der Waals surface area contributed by atoms with Crippen molar-refractivity contribution in [3.05, 3.63) is 0 Å². The molecule has 1 rings (SSSR count). The van der Waals surface area contributed by atoms with E-state index >= 15 is 0 Å². The van der Waals surface area contributed by atoms with Gasteiger partial charge in [-0.1, -0.05) is 0 Å². The van der Waals surface area contributed by atoms with Gasteiger partial charge < -0.3 is 19.5 Å². The first-order valence-electron chi connectivity index (χ1n) is 5.82. The topological polar surface area (TPSA) is 59.0 Å². The third-order valence-corrected chi connectivity index (χ3v) is 2.71. The van der Waals surface area contributed by atoms with Gasteiger partial charge in [0, 0.05) is 19.7 Å². The fourth-order valence-electron chi connectivity index (χ4n) is 1.82. The predicted octanol–water partition coefficient (Wildman–Crippen LogP) is -0.120. The van der Waals surface area contributed by atoms with Crippen LogP contribution in [0.2, 0.25) is 0 Å². The zero-order valence-electron chi connectivity index (χ0n) is 9.85. The summed E-state index contributed by atoms with van der Waals surface area (Å²) in [5, 5.41) is 8.97. The van der Waals surface area contributed by atoms with E-state index in [1.54, 1.807) is 6.92 Å². The zero-order valence-corrected chi connectivity index (χ0v) is 9.85. The molecule has 1 heterocycles. The smallest absolute Gasteiger partial charge is 0.332 e. The molecule has 94 valence electrons. The van der Waals surface area contributed by atoms with Gasteiger partial charge in [-0.05, 0) is 25.8 Å². The molecule has 0 radical (unpaired) electrons. The van der Waals surface area contributed by atoms with E-state index in [1.165, 1.54) is 0 Å². The van der Waals surface area contributed by atoms with Gasteiger partial charge in [0.15, 0.2) is 0 Å². The van der Waals surface area contributed by atoms with E-state index < -0.39 is 0 Å². The molecular formula is C11H21NO4. The van der Waals surface area contributed by atoms with E-state index in [2.05, 4.69) is 4.90 Å². The number of hydrogen-bond donors (Lipinski definition) is 1. The van der Waals surface area contributed by atoms with Gasteiger partial charge in [-0.3, -0.25) is 0 Å². The van der Waals surface area contributed by atoms with Crippen LogP contribution < -0.4 is 0 Å². The maximum atomic E-state index is 10.9. The average Bonchev–Trinajstić information content (AvgIpc) is 2.73. The number of aliphatic hydroxyl groups is 1. The second-order valence-electron chi connectivity index (χ2n) is 4.00. The number of rotatable bonds is 7. The van der Waals surface area contributed by atoms with Gasteiger partial charge in [-0.15, -0.1) is 0 Å². The van der Waals surface area contributed by atoms with E-state index in [0.29, 0.717) is 19.1 Å². The SMILES string of the molecule is CCOC(=O)COCCN1CCC(CO)C1. The summed E-state index contributed by atoms with van der Waals surface area (Å²) in [5.41, 5.74) is 0. The van der Waals surface area contributed by atoms with Crippen molar-refractivity contribution in [3.8, 4) is 0 Å². The van der Waals surface area contributed by atoms with Crippen LogP contribution in [-0.2, 0) is 14.3 Å². The Bertz CT molecular complexity index is 210. The molecule has 16 heavy (non-hydrogen) atoms. The minimum atomic E-state index is -0.308. The number of esters is 1. The third kappa shape index (κ3) is 4.92. The third-order valence-electron chi connectivity index (χ3n) is 2.71. The van der Waals surface area contributed by atoms with Crippen LogP contribution in [0.4, 0.5) is 0 Å². The fourth-order valence-corrected chi connectivity index (χ4v) is 1.82. The second-order valence-corrected chi connectivity index (χ2v) is 4.00. The summed E-state index contributed by atoms with van der Waals surface area (Å²) in [4.78, 5) is 13.2. The van der Waals surface area contributed by atoms with Crippen molar-refractivity contribution in [2.24, 2.45) is 5.92 Å². The molecule has 5 heteroatoms. The van der Waals surface area contributed by atoms with Crippen LogP contribution in [0.5, 0.6) is 0 Å². The van der Waals surface area contributed by atoms with Gasteiger partial charge in [0.05, 0.1) is 13.2 Å². The Kier molecular flexibility index (Phi) is 6.37. The molecule has 5 nitrogen and oxygen atoms in total. The van der Waals surface area contributed by atoms with Crippen LogP contribution in [-0.4, -0.2) is 62.0 Å². The summed E-state index contributed by atoms with van der Waals surface area (Å²) in [5.74, 6) is 0.0993. The molecule has 0 spiro atoms. The number of likely N-dealkylation sites (tertiary alicyclic amines) is 1. The van der Waals surface area contributed by atoms with Gasteiger partial charge in [-0.2, -0.15) is 0 Å². The van der Waals surface area contributed by atoms with E-state index in [1.807, 2.05) is 0 Å². The molecule has 1 fully saturated rings. The largest absolute Gasteiger partial charge is 0.464 e. The quantitative estimate of drug-likeness (QED) is 0.489. The van der Waals surface area contributed by atoms with Crippen LogP contribution in [0.3, 0.4) is 0 Å². The first kappa shape index (κ1) is 13.4. The van der Waals surface area contributed by atoms with Gasteiger partial charge >= 0.3 is 5.97 Å². The maximum absolute atomic E-state index is 10.9. The highest BCUT2D eigenvalue weighted by atomic mass is 16.6. The maximum Gasteiger partial charge on any atom is 0.332 e. The van der Waals surface area contributed by atoms with Crippen molar-refractivity contribution < 1.29 is 19.4 Å². The standard InChI is InChI=1S/C11H21NO4/c1-2-16-11(14)9-15-6-5-12-4-3-10(7-12)8-13/h10,13H,2-9H2,1H3. The van der Waals surface area contributed by atoms with Crippen molar-refractivity contribution in [1.29, 1.82) is 0 Å². The molecule has 1 aliphatic rings. The fraction of sp³-hybridized carbons (Fsp3) is 0.909. The minimum Gasteiger partial charge on any atom is -0.464 e. The van der Waals surface area contributed by atoms with Crippen molar-refractivity contribution >= 4 is 5.97 Å². The van der Waals surface area contributed by atoms with Crippen LogP contribution in [0.15, 0.2) is 0 Å². The summed E-state index contributed by atoms with van der Waals surface area (Å²) in [6, 6.07) is 0. The summed E-state index contributed by atoms with van der Waals surface area (Å²) < 4.78 is 9.94. The highest BCUT2D eigenvalue weighted by Crippen LogP contribution is 2.14. The second kappa shape index (κ2) is 7.60. The Labute approximate surface area is 96.3 Å². The normalized spacial score (nSPS) is 21.2. The molecule has 1 aliphatic heterocycles. The van der Waals surface area contributed by atoms with Crippen molar-refractivity contribution in [1.82, 2.24) is 4.90 Å². The van der Waals surface area contributed by atoms with Crippen LogP contribution in [0.25, 0.3) is 0 Å². The Morgan fingerprint density at radius 1 is 1.56 bits per heavy atom. The highest BCUT2D eigenvalue weighted by molar-refractivity contribution is 5.70. The summed E-state index contributed by atoms with van der Waals surface area (Å²) in [6.45, 7) is 5.76. The lowest BCUT2D eigenvalue weighted by Gasteiger charge is -2.15. The van der Waals surface area contributed by atoms with Gasteiger partial charge in [-0.25, -0.2) is 4.79 Å². The first-order chi connectivity index (χ1) is 7.76. The van der Waals surface area contributed by atoms with Crippen molar-refractivity contribution in [3.63, 3.8) is 0 Å². The molecule has 0 aromatic heterocycles. The number of ether oxygens (including phenoxy) is 2. The van der Waals surface area contributed by atoms with Crippen LogP contribution >= 0.6 is 0 Å². The molecule has 1 atom stereocenters. The van der Waals surface area contributed by atoms with Crippen LogP contribution in [0.1, 0.15) is 13.3 Å². The number of carbonyl (C=O) groups is 1. The van der Waals surface area contributed by atoms with Gasteiger partial charge in [0.2, 0.25) is 0 Å². The number of aliphatic hydroxyl groups excluding tert-OH is 1. The Balaban J connectivity index is 1.97. The van der Waals surface area contributed by atoms with Crippen molar-refractivity contribution in [2.45, 2.75) is 13.3 Å². The zero-order chi connectivity index (χ0) is 11.8.